The van der Waals surface area contributed by atoms with E-state index in [0.717, 1.165) is 37.8 Å². The van der Waals surface area contributed by atoms with Gasteiger partial charge in [0, 0.05) is 37.6 Å². The molecule has 1 N–H and O–H groups in total. The molecule has 4 rings (SSSR count). The Balaban J connectivity index is 1.57. The van der Waals surface area contributed by atoms with Crippen molar-refractivity contribution in [2.45, 2.75) is 38.8 Å². The van der Waals surface area contributed by atoms with Crippen molar-refractivity contribution in [3.63, 3.8) is 0 Å². The number of amides is 1. The molecule has 0 aliphatic carbocycles. The summed E-state index contributed by atoms with van der Waals surface area (Å²) in [5, 5.41) is 7.24. The third kappa shape index (κ3) is 5.55. The van der Waals surface area contributed by atoms with Gasteiger partial charge in [-0.1, -0.05) is 0 Å². The number of ether oxygens (including phenoxy) is 1. The van der Waals surface area contributed by atoms with Crippen molar-refractivity contribution in [2.75, 3.05) is 25.5 Å². The molecule has 1 fully saturated rings. The number of carbonyl (C=O) groups is 1. The maximum absolute atomic E-state index is 13.6. The zero-order valence-electron chi connectivity index (χ0n) is 19.8. The molecule has 0 spiro atoms. The van der Waals surface area contributed by atoms with Crippen molar-refractivity contribution >= 4 is 17.5 Å². The summed E-state index contributed by atoms with van der Waals surface area (Å²) in [6, 6.07) is 6.74. The molecule has 0 saturated carbocycles. The highest BCUT2D eigenvalue weighted by atomic mass is 19.4. The third-order valence-corrected chi connectivity index (χ3v) is 6.04. The first-order valence-electron chi connectivity index (χ1n) is 11.3. The summed E-state index contributed by atoms with van der Waals surface area (Å²) in [5.41, 5.74) is 1.52. The van der Waals surface area contributed by atoms with Crippen LogP contribution in [0.3, 0.4) is 0 Å². The van der Waals surface area contributed by atoms with Gasteiger partial charge in [-0.05, 0) is 56.9 Å². The summed E-state index contributed by atoms with van der Waals surface area (Å²) < 4.78 is 47.9. The number of likely N-dealkylation sites (tertiary alicyclic amines) is 1. The lowest BCUT2D eigenvalue weighted by molar-refractivity contribution is -0.138. The second-order valence-electron chi connectivity index (χ2n) is 8.49. The lowest BCUT2D eigenvalue weighted by Gasteiger charge is -2.17. The van der Waals surface area contributed by atoms with Crippen LogP contribution in [0.4, 0.5) is 24.8 Å². The van der Waals surface area contributed by atoms with Crippen LogP contribution >= 0.6 is 0 Å². The number of rotatable bonds is 7. The lowest BCUT2D eigenvalue weighted by Crippen LogP contribution is -2.27. The summed E-state index contributed by atoms with van der Waals surface area (Å²) in [5.74, 6) is 0.288. The molecule has 1 aliphatic rings. The number of aryl methyl sites for hydroxylation is 4. The number of hydrogen-bond donors (Lipinski definition) is 1. The maximum Gasteiger partial charge on any atom is 0.419 e. The number of carbonyl (C=O) groups excluding carboxylic acids is 1. The Morgan fingerprint density at radius 2 is 1.91 bits per heavy atom. The quantitative estimate of drug-likeness (QED) is 0.534. The molecule has 1 amide bonds. The highest BCUT2D eigenvalue weighted by Crippen LogP contribution is 2.33. The molecule has 11 heteroatoms. The molecule has 3 aromatic rings. The van der Waals surface area contributed by atoms with Gasteiger partial charge in [0.15, 0.2) is 0 Å². The van der Waals surface area contributed by atoms with Gasteiger partial charge < -0.3 is 15.0 Å². The fourth-order valence-corrected chi connectivity index (χ4v) is 4.06. The number of methoxy groups -OCH3 is 1. The molecule has 8 nitrogen and oxygen atoms in total. The van der Waals surface area contributed by atoms with E-state index in [1.165, 1.54) is 7.11 Å². The molecule has 1 aliphatic heterocycles. The van der Waals surface area contributed by atoms with E-state index < -0.39 is 11.7 Å². The van der Waals surface area contributed by atoms with E-state index in [1.54, 1.807) is 34.8 Å². The van der Waals surface area contributed by atoms with Gasteiger partial charge in [0.25, 0.3) is 5.91 Å². The standard InChI is InChI=1S/C24H27F3N6O2/c1-15-12-17(31-32(15)2)7-9-19-18(24(25,26)27)14-28-23(29-19)30-20-8-6-16(13-21(20)35-3)22(34)33-10-4-5-11-33/h6,8,12-14H,4-5,7,9-11H2,1-3H3,(H,28,29,30). The number of aromatic nitrogens is 4. The van der Waals surface area contributed by atoms with Gasteiger partial charge in [0.2, 0.25) is 5.95 Å². The van der Waals surface area contributed by atoms with Crippen molar-refractivity contribution in [1.29, 1.82) is 0 Å². The summed E-state index contributed by atoms with van der Waals surface area (Å²) in [4.78, 5) is 22.5. The Morgan fingerprint density at radius 3 is 2.54 bits per heavy atom. The first-order valence-corrected chi connectivity index (χ1v) is 11.3. The second kappa shape index (κ2) is 9.93. The van der Waals surface area contributed by atoms with Gasteiger partial charge in [-0.15, -0.1) is 0 Å². The highest BCUT2D eigenvalue weighted by molar-refractivity contribution is 5.95. The third-order valence-electron chi connectivity index (χ3n) is 6.04. The average molecular weight is 489 g/mol. The molecule has 0 bridgehead atoms. The van der Waals surface area contributed by atoms with Crippen LogP contribution in [0, 0.1) is 6.92 Å². The smallest absolute Gasteiger partial charge is 0.419 e. The zero-order chi connectivity index (χ0) is 25.2. The average Bonchev–Trinajstić information content (AvgIpc) is 3.47. The van der Waals surface area contributed by atoms with Gasteiger partial charge in [-0.2, -0.15) is 18.3 Å². The molecule has 2 aromatic heterocycles. The number of halogens is 3. The molecule has 1 saturated heterocycles. The van der Waals surface area contributed by atoms with E-state index in [9.17, 15) is 18.0 Å². The van der Waals surface area contributed by atoms with Crippen molar-refractivity contribution in [1.82, 2.24) is 24.6 Å². The molecule has 3 heterocycles. The molecule has 0 radical (unpaired) electrons. The van der Waals surface area contributed by atoms with Crippen LogP contribution in [0.2, 0.25) is 0 Å². The number of alkyl halides is 3. The van der Waals surface area contributed by atoms with Crippen LogP contribution in [0.15, 0.2) is 30.5 Å². The Bertz CT molecular complexity index is 1200. The molecule has 0 atom stereocenters. The fourth-order valence-electron chi connectivity index (χ4n) is 4.06. The lowest BCUT2D eigenvalue weighted by atomic mass is 10.1. The molecular formula is C24H27F3N6O2. The Morgan fingerprint density at radius 1 is 1.17 bits per heavy atom. The number of anilines is 2. The zero-order valence-corrected chi connectivity index (χ0v) is 19.8. The van der Waals surface area contributed by atoms with Crippen molar-refractivity contribution in [2.24, 2.45) is 7.05 Å². The van der Waals surface area contributed by atoms with Crippen LogP contribution < -0.4 is 10.1 Å². The van der Waals surface area contributed by atoms with E-state index >= 15 is 0 Å². The number of nitrogens with one attached hydrogen (secondary N) is 1. The number of benzene rings is 1. The van der Waals surface area contributed by atoms with Gasteiger partial charge in [0.05, 0.1) is 29.7 Å². The van der Waals surface area contributed by atoms with Gasteiger partial charge in [0.1, 0.15) is 5.75 Å². The van der Waals surface area contributed by atoms with Gasteiger partial charge in [-0.3, -0.25) is 9.48 Å². The summed E-state index contributed by atoms with van der Waals surface area (Å²) >= 11 is 0. The minimum Gasteiger partial charge on any atom is -0.495 e. The van der Waals surface area contributed by atoms with Crippen molar-refractivity contribution < 1.29 is 22.7 Å². The second-order valence-corrected chi connectivity index (χ2v) is 8.49. The van der Waals surface area contributed by atoms with E-state index in [4.69, 9.17) is 4.74 Å². The van der Waals surface area contributed by atoms with Gasteiger partial charge in [-0.25, -0.2) is 9.97 Å². The predicted molar refractivity (Wildman–Crippen MR) is 124 cm³/mol. The number of nitrogens with zero attached hydrogens (tertiary/aromatic N) is 5. The Hall–Kier alpha value is -3.63. The molecule has 1 aromatic carbocycles. The Labute approximate surface area is 201 Å². The molecule has 0 unspecified atom stereocenters. The van der Waals surface area contributed by atoms with Crippen LogP contribution in [0.5, 0.6) is 5.75 Å². The predicted octanol–water partition coefficient (Wildman–Crippen LogP) is 4.31. The van der Waals surface area contributed by atoms with Crippen molar-refractivity contribution in [3.05, 3.63) is 58.7 Å². The first kappa shape index (κ1) is 24.5. The molecule has 186 valence electrons. The molecule has 35 heavy (non-hydrogen) atoms. The normalized spacial score (nSPS) is 13.8. The summed E-state index contributed by atoms with van der Waals surface area (Å²) in [7, 11) is 3.24. The monoisotopic (exact) mass is 488 g/mol. The minimum absolute atomic E-state index is 0.00196. The first-order chi connectivity index (χ1) is 16.7. The largest absolute Gasteiger partial charge is 0.495 e. The maximum atomic E-state index is 13.6. The van der Waals surface area contributed by atoms with E-state index in [2.05, 4.69) is 20.4 Å². The Kier molecular flexibility index (Phi) is 6.95. The van der Waals surface area contributed by atoms with E-state index in [1.807, 2.05) is 13.0 Å². The number of hydrogen-bond acceptors (Lipinski definition) is 6. The van der Waals surface area contributed by atoms with Crippen LogP contribution in [-0.4, -0.2) is 50.8 Å². The van der Waals surface area contributed by atoms with Crippen LogP contribution in [-0.2, 0) is 26.1 Å². The van der Waals surface area contributed by atoms with Crippen LogP contribution in [0.25, 0.3) is 0 Å². The molecular weight excluding hydrogens is 461 g/mol. The van der Waals surface area contributed by atoms with Gasteiger partial charge >= 0.3 is 6.18 Å². The summed E-state index contributed by atoms with van der Waals surface area (Å²) in [6.45, 7) is 3.32. The SMILES string of the molecule is COc1cc(C(=O)N2CCCC2)ccc1Nc1ncc(C(F)(F)F)c(CCc2cc(C)n(C)n2)n1. The van der Waals surface area contributed by atoms with E-state index in [0.29, 0.717) is 29.1 Å². The van der Waals surface area contributed by atoms with Crippen LogP contribution in [0.1, 0.15) is 45.8 Å². The van der Waals surface area contributed by atoms with Crippen molar-refractivity contribution in [3.8, 4) is 5.75 Å². The fraction of sp³-hybridized carbons (Fsp3) is 0.417. The van der Waals surface area contributed by atoms with E-state index in [-0.39, 0.29) is 24.0 Å². The topological polar surface area (TPSA) is 85.2 Å². The summed E-state index contributed by atoms with van der Waals surface area (Å²) in [6.07, 6.45) is -1.48. The highest BCUT2D eigenvalue weighted by Gasteiger charge is 2.35. The minimum atomic E-state index is -4.58.